The molecular formula is C5H9N3. The number of rotatable bonds is 3. The predicted octanol–water partition coefficient (Wildman–Crippen LogP) is 0.495. The summed E-state index contributed by atoms with van der Waals surface area (Å²) in [5, 5.41) is 10.7. The summed E-state index contributed by atoms with van der Waals surface area (Å²) in [4.78, 5) is 3.28. The molecular weight excluding hydrogens is 102 g/mol. The number of hydrogen-bond acceptors (Lipinski definition) is 2. The molecule has 1 N–H and O–H groups in total. The van der Waals surface area contributed by atoms with Gasteiger partial charge in [-0.2, -0.15) is 10.3 Å². The van der Waals surface area contributed by atoms with Crippen LogP contribution in [0.2, 0.25) is 0 Å². The van der Waals surface area contributed by atoms with Crippen LogP contribution in [0.5, 0.6) is 0 Å². The second-order valence-corrected chi connectivity index (χ2v) is 1.31. The van der Waals surface area contributed by atoms with Crippen molar-refractivity contribution in [1.82, 2.24) is 5.32 Å². The van der Waals surface area contributed by atoms with Gasteiger partial charge in [-0.3, -0.25) is 0 Å². The molecule has 0 spiro atoms. The lowest BCUT2D eigenvalue weighted by Crippen LogP contribution is -2.10. The Morgan fingerprint density at radius 2 is 2.62 bits per heavy atom. The van der Waals surface area contributed by atoms with Crippen LogP contribution in [0, 0.1) is 11.5 Å². The highest BCUT2D eigenvalue weighted by molar-refractivity contribution is 5.55. The summed E-state index contributed by atoms with van der Waals surface area (Å²) in [6, 6.07) is 0. The van der Waals surface area contributed by atoms with Gasteiger partial charge in [0.25, 0.3) is 0 Å². The normalized spacial score (nSPS) is 9.00. The highest BCUT2D eigenvalue weighted by atomic mass is 14.9. The van der Waals surface area contributed by atoms with Gasteiger partial charge in [0.05, 0.1) is 0 Å². The van der Waals surface area contributed by atoms with Crippen molar-refractivity contribution in [3.8, 4) is 6.19 Å². The van der Waals surface area contributed by atoms with E-state index >= 15 is 0 Å². The first-order valence-electron chi connectivity index (χ1n) is 2.55. The van der Waals surface area contributed by atoms with Gasteiger partial charge in [-0.25, -0.2) is 0 Å². The van der Waals surface area contributed by atoms with E-state index < -0.39 is 0 Å². The van der Waals surface area contributed by atoms with Gasteiger partial charge in [-0.05, 0) is 6.42 Å². The molecule has 0 fully saturated rings. The lowest BCUT2D eigenvalue weighted by atomic mass is 10.5. The average molecular weight is 111 g/mol. The maximum absolute atomic E-state index is 7.88. The van der Waals surface area contributed by atoms with Crippen LogP contribution < -0.4 is 5.32 Å². The van der Waals surface area contributed by atoms with E-state index in [1.807, 2.05) is 6.92 Å². The summed E-state index contributed by atoms with van der Waals surface area (Å²) >= 11 is 0. The summed E-state index contributed by atoms with van der Waals surface area (Å²) in [6.45, 7) is 2.93. The Bertz CT molecular complexity index is 101. The van der Waals surface area contributed by atoms with Gasteiger partial charge < -0.3 is 5.32 Å². The third-order valence-electron chi connectivity index (χ3n) is 0.608. The molecule has 0 aromatic heterocycles. The average Bonchev–Trinajstić information content (AvgIpc) is 1.81. The number of hydrogen-bond donors (Lipinski definition) is 1. The monoisotopic (exact) mass is 111 g/mol. The quantitative estimate of drug-likeness (QED) is 0.249. The molecule has 0 bridgehead atoms. The second kappa shape index (κ2) is 5.96. The van der Waals surface area contributed by atoms with Crippen molar-refractivity contribution in [3.63, 3.8) is 0 Å². The molecule has 0 atom stereocenters. The van der Waals surface area contributed by atoms with E-state index in [1.165, 1.54) is 6.34 Å². The minimum absolute atomic E-state index is 0.880. The molecule has 44 valence electrons. The molecule has 0 saturated heterocycles. The van der Waals surface area contributed by atoms with Crippen molar-refractivity contribution in [2.24, 2.45) is 4.99 Å². The highest BCUT2D eigenvalue weighted by Crippen LogP contribution is 1.65. The van der Waals surface area contributed by atoms with Crippen molar-refractivity contribution in [2.75, 3.05) is 6.54 Å². The van der Waals surface area contributed by atoms with Crippen LogP contribution in [0.15, 0.2) is 4.99 Å². The Labute approximate surface area is 49.0 Å². The summed E-state index contributed by atoms with van der Waals surface area (Å²) in [5.74, 6) is 0. The smallest absolute Gasteiger partial charge is 0.207 e. The molecule has 0 rings (SSSR count). The maximum atomic E-state index is 7.88. The van der Waals surface area contributed by atoms with E-state index in [2.05, 4.69) is 10.3 Å². The van der Waals surface area contributed by atoms with Crippen LogP contribution in [-0.4, -0.2) is 12.9 Å². The minimum atomic E-state index is 0.880. The Morgan fingerprint density at radius 3 is 3.12 bits per heavy atom. The number of nitriles is 1. The topological polar surface area (TPSA) is 48.2 Å². The van der Waals surface area contributed by atoms with E-state index in [-0.39, 0.29) is 0 Å². The first-order chi connectivity index (χ1) is 3.91. The van der Waals surface area contributed by atoms with E-state index in [0.717, 1.165) is 13.0 Å². The van der Waals surface area contributed by atoms with Gasteiger partial charge in [0, 0.05) is 6.54 Å². The molecule has 0 unspecified atom stereocenters. The molecule has 0 aliphatic heterocycles. The van der Waals surface area contributed by atoms with Gasteiger partial charge >= 0.3 is 0 Å². The molecule has 0 amide bonds. The fraction of sp³-hybridized carbons (Fsp3) is 0.600. The minimum Gasteiger partial charge on any atom is -0.375 e. The Balaban J connectivity index is 2.94. The first-order valence-corrected chi connectivity index (χ1v) is 2.55. The lowest BCUT2D eigenvalue weighted by Gasteiger charge is -1.89. The largest absolute Gasteiger partial charge is 0.375 e. The lowest BCUT2D eigenvalue weighted by molar-refractivity contribution is 0.851. The van der Waals surface area contributed by atoms with Gasteiger partial charge in [-0.1, -0.05) is 6.92 Å². The maximum Gasteiger partial charge on any atom is 0.207 e. The molecule has 3 nitrogen and oxygen atoms in total. The van der Waals surface area contributed by atoms with Gasteiger partial charge in [0.1, 0.15) is 6.34 Å². The Hall–Kier alpha value is -1.04. The molecule has 0 aliphatic carbocycles. The van der Waals surface area contributed by atoms with E-state index in [4.69, 9.17) is 5.26 Å². The second-order valence-electron chi connectivity index (χ2n) is 1.31. The van der Waals surface area contributed by atoms with Crippen molar-refractivity contribution in [3.05, 3.63) is 0 Å². The summed E-state index contributed by atoms with van der Waals surface area (Å²) in [7, 11) is 0. The zero-order valence-electron chi connectivity index (χ0n) is 4.89. The molecule has 0 heterocycles. The SMILES string of the molecule is CCCNC=NC#N. The van der Waals surface area contributed by atoms with Crippen molar-refractivity contribution in [1.29, 1.82) is 5.26 Å². The van der Waals surface area contributed by atoms with Crippen LogP contribution in [0.3, 0.4) is 0 Å². The highest BCUT2D eigenvalue weighted by Gasteiger charge is 1.70. The fourth-order valence-corrected chi connectivity index (χ4v) is 0.283. The molecule has 3 heteroatoms. The number of nitrogens with one attached hydrogen (secondary N) is 1. The zero-order chi connectivity index (χ0) is 6.24. The molecule has 0 aromatic carbocycles. The standard InChI is InChI=1S/C5H9N3/c1-2-3-7-5-8-4-6/h5H,2-3H2,1H3,(H,7,8). The van der Waals surface area contributed by atoms with Crippen molar-refractivity contribution in [2.45, 2.75) is 13.3 Å². The van der Waals surface area contributed by atoms with Crippen LogP contribution in [0.4, 0.5) is 0 Å². The Kier molecular flexibility index (Phi) is 5.19. The first kappa shape index (κ1) is 6.96. The van der Waals surface area contributed by atoms with Crippen LogP contribution in [0.1, 0.15) is 13.3 Å². The van der Waals surface area contributed by atoms with E-state index in [1.54, 1.807) is 6.19 Å². The summed E-state index contributed by atoms with van der Waals surface area (Å²) in [5.41, 5.74) is 0. The van der Waals surface area contributed by atoms with Gasteiger partial charge in [0.15, 0.2) is 0 Å². The molecule has 0 radical (unpaired) electrons. The third-order valence-corrected chi connectivity index (χ3v) is 0.608. The Morgan fingerprint density at radius 1 is 1.88 bits per heavy atom. The molecule has 0 saturated carbocycles. The van der Waals surface area contributed by atoms with E-state index in [9.17, 15) is 0 Å². The molecule has 8 heavy (non-hydrogen) atoms. The van der Waals surface area contributed by atoms with Gasteiger partial charge in [-0.15, -0.1) is 0 Å². The third kappa shape index (κ3) is 4.96. The number of nitrogens with zero attached hydrogens (tertiary/aromatic N) is 2. The van der Waals surface area contributed by atoms with Crippen molar-refractivity contribution < 1.29 is 0 Å². The molecule has 0 aliphatic rings. The van der Waals surface area contributed by atoms with Crippen LogP contribution >= 0.6 is 0 Å². The van der Waals surface area contributed by atoms with Crippen LogP contribution in [-0.2, 0) is 0 Å². The number of aliphatic imine (C=N–C) groups is 1. The van der Waals surface area contributed by atoms with Crippen molar-refractivity contribution >= 4 is 6.34 Å². The van der Waals surface area contributed by atoms with E-state index in [0.29, 0.717) is 0 Å². The predicted molar refractivity (Wildman–Crippen MR) is 32.4 cm³/mol. The van der Waals surface area contributed by atoms with Crippen LogP contribution in [0.25, 0.3) is 0 Å². The zero-order valence-corrected chi connectivity index (χ0v) is 4.89. The van der Waals surface area contributed by atoms with Gasteiger partial charge in [0.2, 0.25) is 6.19 Å². The fourth-order valence-electron chi connectivity index (χ4n) is 0.283. The summed E-state index contributed by atoms with van der Waals surface area (Å²) in [6.07, 6.45) is 4.09. The molecule has 0 aromatic rings. The summed E-state index contributed by atoms with van der Waals surface area (Å²) < 4.78 is 0.